The van der Waals surface area contributed by atoms with Crippen molar-refractivity contribution in [3.05, 3.63) is 35.9 Å². The number of nitrogens with zero attached hydrogens (tertiary/aromatic N) is 2. The minimum atomic E-state index is -0.681. The highest BCUT2D eigenvalue weighted by Crippen LogP contribution is 2.36. The van der Waals surface area contributed by atoms with Gasteiger partial charge in [0.25, 0.3) is 11.8 Å². The van der Waals surface area contributed by atoms with Crippen molar-refractivity contribution in [3.63, 3.8) is 0 Å². The Kier molecular flexibility index (Phi) is 6.11. The molecular formula is C24H34N4O2. The number of benzene rings is 1. The van der Waals surface area contributed by atoms with Crippen molar-refractivity contribution in [3.8, 4) is 0 Å². The van der Waals surface area contributed by atoms with Crippen LogP contribution in [0.25, 0.3) is 0 Å². The Morgan fingerprint density at radius 3 is 2.53 bits per heavy atom. The number of likely N-dealkylation sites (N-methyl/N-ethyl adjacent to an activating group) is 1. The van der Waals surface area contributed by atoms with Crippen molar-refractivity contribution >= 4 is 17.8 Å². The van der Waals surface area contributed by atoms with Crippen LogP contribution < -0.4 is 5.32 Å². The van der Waals surface area contributed by atoms with Crippen LogP contribution in [0.1, 0.15) is 68.1 Å². The molecule has 2 atom stereocenters. The molecule has 3 aliphatic rings. The quantitative estimate of drug-likeness (QED) is 0.752. The number of rotatable bonds is 6. The first-order valence-electron chi connectivity index (χ1n) is 11.5. The maximum atomic E-state index is 13.2. The number of carbonyl (C=O) groups excluding carboxylic acids is 2. The SMILES string of the molecule is CN1C(=N)N[C@@](CCC2CCCCC2)(C[C@@H]2CCN(C(=O)c3ccccc3)C2)C1=O. The van der Waals surface area contributed by atoms with Gasteiger partial charge in [0.1, 0.15) is 5.54 Å². The molecule has 162 valence electrons. The standard InChI is InChI=1S/C24H34N4O2/c1-27-22(30)24(26-23(27)25,14-12-18-8-4-2-5-9-18)16-19-13-15-28(17-19)21(29)20-10-6-3-7-11-20/h3,6-7,10-11,18-19H,2,4-5,8-9,12-17H2,1H3,(H2,25,26)/t19-,24-/m0/s1. The van der Waals surface area contributed by atoms with Crippen molar-refractivity contribution < 1.29 is 9.59 Å². The third-order valence-corrected chi connectivity index (χ3v) is 7.34. The summed E-state index contributed by atoms with van der Waals surface area (Å²) in [5.74, 6) is 1.28. The van der Waals surface area contributed by atoms with E-state index >= 15 is 0 Å². The summed E-state index contributed by atoms with van der Waals surface area (Å²) in [7, 11) is 1.69. The van der Waals surface area contributed by atoms with Crippen LogP contribution in [0.15, 0.2) is 30.3 Å². The molecule has 0 radical (unpaired) electrons. The number of guanidine groups is 1. The number of carbonyl (C=O) groups is 2. The fourth-order valence-corrected chi connectivity index (χ4v) is 5.56. The number of hydrogen-bond acceptors (Lipinski definition) is 3. The molecule has 2 N–H and O–H groups in total. The number of amides is 2. The molecule has 30 heavy (non-hydrogen) atoms. The molecule has 0 spiro atoms. The highest BCUT2D eigenvalue weighted by molar-refractivity contribution is 6.07. The first-order chi connectivity index (χ1) is 14.5. The van der Waals surface area contributed by atoms with Gasteiger partial charge in [0.2, 0.25) is 0 Å². The Hall–Kier alpha value is -2.37. The molecule has 6 heteroatoms. The Bertz CT molecular complexity index is 790. The summed E-state index contributed by atoms with van der Waals surface area (Å²) in [6.07, 6.45) is 9.90. The van der Waals surface area contributed by atoms with Gasteiger partial charge in [0.05, 0.1) is 0 Å². The average molecular weight is 411 g/mol. The van der Waals surface area contributed by atoms with Crippen LogP contribution in [0, 0.1) is 17.2 Å². The van der Waals surface area contributed by atoms with Gasteiger partial charge in [0, 0.05) is 25.7 Å². The molecule has 4 rings (SSSR count). The molecule has 3 fully saturated rings. The molecule has 2 heterocycles. The van der Waals surface area contributed by atoms with E-state index in [2.05, 4.69) is 5.32 Å². The summed E-state index contributed by atoms with van der Waals surface area (Å²) in [5.41, 5.74) is 0.0430. The summed E-state index contributed by atoms with van der Waals surface area (Å²) in [6.45, 7) is 1.42. The molecular weight excluding hydrogens is 376 g/mol. The molecule has 2 amide bonds. The molecule has 2 saturated heterocycles. The summed E-state index contributed by atoms with van der Waals surface area (Å²) >= 11 is 0. The zero-order chi connectivity index (χ0) is 21.1. The molecule has 6 nitrogen and oxygen atoms in total. The van der Waals surface area contributed by atoms with Crippen molar-refractivity contribution in [2.45, 2.75) is 63.3 Å². The van der Waals surface area contributed by atoms with Crippen LogP contribution in [0.5, 0.6) is 0 Å². The van der Waals surface area contributed by atoms with Gasteiger partial charge in [-0.15, -0.1) is 0 Å². The number of nitrogens with one attached hydrogen (secondary N) is 2. The summed E-state index contributed by atoms with van der Waals surface area (Å²) in [5, 5.41) is 11.5. The van der Waals surface area contributed by atoms with Gasteiger partial charge in [-0.05, 0) is 49.7 Å². The summed E-state index contributed by atoms with van der Waals surface area (Å²) < 4.78 is 0. The number of hydrogen-bond donors (Lipinski definition) is 2. The Labute approximate surface area is 179 Å². The van der Waals surface area contributed by atoms with E-state index in [0.29, 0.717) is 18.9 Å². The second-order valence-electron chi connectivity index (χ2n) is 9.44. The third-order valence-electron chi connectivity index (χ3n) is 7.34. The van der Waals surface area contributed by atoms with E-state index < -0.39 is 5.54 Å². The normalized spacial score (nSPS) is 27.6. The average Bonchev–Trinajstić information content (AvgIpc) is 3.32. The smallest absolute Gasteiger partial charge is 0.254 e. The molecule has 1 aromatic rings. The van der Waals surface area contributed by atoms with E-state index in [9.17, 15) is 9.59 Å². The van der Waals surface area contributed by atoms with Crippen molar-refractivity contribution in [2.75, 3.05) is 20.1 Å². The van der Waals surface area contributed by atoms with E-state index in [4.69, 9.17) is 5.41 Å². The van der Waals surface area contributed by atoms with Gasteiger partial charge in [-0.2, -0.15) is 0 Å². The van der Waals surface area contributed by atoms with Gasteiger partial charge < -0.3 is 10.2 Å². The molecule has 0 aromatic heterocycles. The Balaban J connectivity index is 1.42. The predicted molar refractivity (Wildman–Crippen MR) is 117 cm³/mol. The van der Waals surface area contributed by atoms with E-state index in [-0.39, 0.29) is 23.7 Å². The van der Waals surface area contributed by atoms with Gasteiger partial charge in [0.15, 0.2) is 5.96 Å². The van der Waals surface area contributed by atoms with Gasteiger partial charge >= 0.3 is 0 Å². The highest BCUT2D eigenvalue weighted by Gasteiger charge is 2.49. The summed E-state index contributed by atoms with van der Waals surface area (Å²) in [4.78, 5) is 29.4. The fraction of sp³-hybridized carbons (Fsp3) is 0.625. The highest BCUT2D eigenvalue weighted by atomic mass is 16.2. The lowest BCUT2D eigenvalue weighted by Gasteiger charge is -2.32. The monoisotopic (exact) mass is 410 g/mol. The van der Waals surface area contributed by atoms with E-state index in [1.807, 2.05) is 35.2 Å². The third kappa shape index (κ3) is 4.23. The van der Waals surface area contributed by atoms with Crippen molar-refractivity contribution in [1.82, 2.24) is 15.1 Å². The molecule has 0 unspecified atom stereocenters. The van der Waals surface area contributed by atoms with Crippen LogP contribution in [-0.2, 0) is 4.79 Å². The molecule has 1 aliphatic carbocycles. The van der Waals surface area contributed by atoms with Gasteiger partial charge in [-0.1, -0.05) is 50.3 Å². The van der Waals surface area contributed by atoms with E-state index in [1.165, 1.54) is 37.0 Å². The number of likely N-dealkylation sites (tertiary alicyclic amines) is 1. The Morgan fingerprint density at radius 2 is 1.87 bits per heavy atom. The van der Waals surface area contributed by atoms with Crippen LogP contribution in [0.2, 0.25) is 0 Å². The summed E-state index contributed by atoms with van der Waals surface area (Å²) in [6, 6.07) is 9.43. The van der Waals surface area contributed by atoms with Crippen molar-refractivity contribution in [2.24, 2.45) is 11.8 Å². The topological polar surface area (TPSA) is 76.5 Å². The first-order valence-corrected chi connectivity index (χ1v) is 11.5. The maximum Gasteiger partial charge on any atom is 0.254 e. The maximum absolute atomic E-state index is 13.2. The second-order valence-corrected chi connectivity index (χ2v) is 9.44. The first kappa shape index (κ1) is 20.9. The Morgan fingerprint density at radius 1 is 1.13 bits per heavy atom. The minimum Gasteiger partial charge on any atom is -0.342 e. The zero-order valence-corrected chi connectivity index (χ0v) is 18.0. The van der Waals surface area contributed by atoms with Gasteiger partial charge in [-0.3, -0.25) is 19.9 Å². The lowest BCUT2D eigenvalue weighted by atomic mass is 9.78. The lowest BCUT2D eigenvalue weighted by Crippen LogP contribution is -2.49. The predicted octanol–water partition coefficient (Wildman–Crippen LogP) is 3.63. The van der Waals surface area contributed by atoms with Gasteiger partial charge in [-0.25, -0.2) is 0 Å². The fourth-order valence-electron chi connectivity index (χ4n) is 5.56. The lowest BCUT2D eigenvalue weighted by molar-refractivity contribution is -0.131. The van der Waals surface area contributed by atoms with Crippen LogP contribution >= 0.6 is 0 Å². The minimum absolute atomic E-state index is 0.0242. The molecule has 0 bridgehead atoms. The van der Waals surface area contributed by atoms with Crippen molar-refractivity contribution in [1.29, 1.82) is 5.41 Å². The molecule has 1 aromatic carbocycles. The second kappa shape index (κ2) is 8.78. The molecule has 1 saturated carbocycles. The van der Waals surface area contributed by atoms with Crippen LogP contribution in [-0.4, -0.2) is 53.2 Å². The largest absolute Gasteiger partial charge is 0.342 e. The van der Waals surface area contributed by atoms with E-state index in [1.54, 1.807) is 7.05 Å². The zero-order valence-electron chi connectivity index (χ0n) is 18.0. The van der Waals surface area contributed by atoms with Crippen LogP contribution in [0.4, 0.5) is 0 Å². The van der Waals surface area contributed by atoms with E-state index in [0.717, 1.165) is 31.4 Å². The molecule has 2 aliphatic heterocycles. The van der Waals surface area contributed by atoms with Crippen LogP contribution in [0.3, 0.4) is 0 Å².